The van der Waals surface area contributed by atoms with E-state index < -0.39 is 21.8 Å². The molecule has 0 aliphatic carbocycles. The molecule has 2 rings (SSSR count). The molecule has 5 nitrogen and oxygen atoms in total. The third kappa shape index (κ3) is 3.11. The third-order valence-electron chi connectivity index (χ3n) is 3.46. The van der Waals surface area contributed by atoms with Gasteiger partial charge in [-0.15, -0.1) is 0 Å². The highest BCUT2D eigenvalue weighted by molar-refractivity contribution is 5.98. The molecule has 0 aliphatic heterocycles. The Balaban J connectivity index is 2.25. The van der Waals surface area contributed by atoms with Crippen molar-refractivity contribution in [2.75, 3.05) is 5.32 Å². The molecule has 6 heteroatoms. The lowest BCUT2D eigenvalue weighted by Crippen LogP contribution is -2.34. The minimum absolute atomic E-state index is 0.183. The van der Waals surface area contributed by atoms with E-state index in [1.165, 1.54) is 6.07 Å². The molecule has 0 bridgehead atoms. The molecule has 0 saturated heterocycles. The van der Waals surface area contributed by atoms with Crippen molar-refractivity contribution in [3.05, 3.63) is 70.0 Å². The highest BCUT2D eigenvalue weighted by Crippen LogP contribution is 2.27. The first-order valence-corrected chi connectivity index (χ1v) is 6.63. The second kappa shape index (κ2) is 5.93. The van der Waals surface area contributed by atoms with Gasteiger partial charge in [-0.05, 0) is 31.5 Å². The first kappa shape index (κ1) is 15.6. The molecular weight excluding hydrogens is 287 g/mol. The Kier molecular flexibility index (Phi) is 4.21. The number of nitrogens with one attached hydrogen (secondary N) is 1. The number of carbonyl (C=O) groups excluding carboxylic acids is 1. The summed E-state index contributed by atoms with van der Waals surface area (Å²) in [6, 6.07) is 12.4. The Morgan fingerprint density at radius 3 is 2.41 bits per heavy atom. The van der Waals surface area contributed by atoms with Crippen molar-refractivity contribution in [2.45, 2.75) is 19.3 Å². The first-order chi connectivity index (χ1) is 10.3. The van der Waals surface area contributed by atoms with E-state index in [2.05, 4.69) is 5.32 Å². The van der Waals surface area contributed by atoms with Crippen LogP contribution in [0.3, 0.4) is 0 Å². The Morgan fingerprint density at radius 1 is 1.18 bits per heavy atom. The predicted octanol–water partition coefficient (Wildman–Crippen LogP) is 3.65. The number of amides is 1. The number of hydrogen-bond donors (Lipinski definition) is 1. The van der Waals surface area contributed by atoms with Gasteiger partial charge in [0.2, 0.25) is 11.7 Å². The zero-order valence-electron chi connectivity index (χ0n) is 12.2. The van der Waals surface area contributed by atoms with Crippen LogP contribution in [-0.4, -0.2) is 10.8 Å². The highest BCUT2D eigenvalue weighted by Gasteiger charge is 2.30. The van der Waals surface area contributed by atoms with Gasteiger partial charge in [-0.3, -0.25) is 14.9 Å². The SMILES string of the molecule is CC(C)(C(=O)Nc1ccc(F)c([N+](=O)[O-])c1)c1ccccc1. The molecule has 0 unspecified atom stereocenters. The van der Waals surface area contributed by atoms with E-state index in [9.17, 15) is 19.3 Å². The largest absolute Gasteiger partial charge is 0.325 e. The molecule has 0 atom stereocenters. The molecule has 2 aromatic rings. The van der Waals surface area contributed by atoms with Crippen molar-refractivity contribution in [1.82, 2.24) is 0 Å². The fraction of sp³-hybridized carbons (Fsp3) is 0.188. The summed E-state index contributed by atoms with van der Waals surface area (Å²) in [6.45, 7) is 3.49. The van der Waals surface area contributed by atoms with Crippen LogP contribution in [0, 0.1) is 15.9 Å². The van der Waals surface area contributed by atoms with Crippen LogP contribution in [0.25, 0.3) is 0 Å². The van der Waals surface area contributed by atoms with Crippen molar-refractivity contribution >= 4 is 17.3 Å². The molecule has 1 amide bonds. The summed E-state index contributed by atoms with van der Waals surface area (Å²) < 4.78 is 13.3. The molecule has 1 N–H and O–H groups in total. The molecule has 22 heavy (non-hydrogen) atoms. The minimum atomic E-state index is -0.940. The van der Waals surface area contributed by atoms with Gasteiger partial charge in [0.25, 0.3) is 0 Å². The monoisotopic (exact) mass is 302 g/mol. The predicted molar refractivity (Wildman–Crippen MR) is 81.2 cm³/mol. The van der Waals surface area contributed by atoms with Gasteiger partial charge in [0.05, 0.1) is 10.3 Å². The zero-order chi connectivity index (χ0) is 16.3. The van der Waals surface area contributed by atoms with Crippen LogP contribution in [0.4, 0.5) is 15.8 Å². The van der Waals surface area contributed by atoms with E-state index in [4.69, 9.17) is 0 Å². The molecule has 0 fully saturated rings. The van der Waals surface area contributed by atoms with Crippen LogP contribution in [0.15, 0.2) is 48.5 Å². The van der Waals surface area contributed by atoms with E-state index in [0.717, 1.165) is 17.7 Å². The highest BCUT2D eigenvalue weighted by atomic mass is 19.1. The Morgan fingerprint density at radius 2 is 1.82 bits per heavy atom. The van der Waals surface area contributed by atoms with Crippen LogP contribution >= 0.6 is 0 Å². The lowest BCUT2D eigenvalue weighted by atomic mass is 9.83. The van der Waals surface area contributed by atoms with Gasteiger partial charge in [0, 0.05) is 11.8 Å². The topological polar surface area (TPSA) is 72.2 Å². The Bertz CT molecular complexity index is 715. The van der Waals surface area contributed by atoms with Crippen LogP contribution < -0.4 is 5.32 Å². The van der Waals surface area contributed by atoms with Gasteiger partial charge in [-0.1, -0.05) is 30.3 Å². The summed E-state index contributed by atoms with van der Waals surface area (Å²) in [5.74, 6) is -1.27. The third-order valence-corrected chi connectivity index (χ3v) is 3.46. The number of rotatable bonds is 4. The summed E-state index contributed by atoms with van der Waals surface area (Å²) in [5, 5.41) is 13.3. The molecular formula is C16H15FN2O3. The zero-order valence-corrected chi connectivity index (χ0v) is 12.2. The van der Waals surface area contributed by atoms with Crippen LogP contribution in [0.5, 0.6) is 0 Å². The normalized spacial score (nSPS) is 11.0. The van der Waals surface area contributed by atoms with Crippen molar-refractivity contribution < 1.29 is 14.1 Å². The second-order valence-corrected chi connectivity index (χ2v) is 5.37. The molecule has 114 valence electrons. The standard InChI is InChI=1S/C16H15FN2O3/c1-16(2,11-6-4-3-5-7-11)15(20)18-12-8-9-13(17)14(10-12)19(21)22/h3-10H,1-2H3,(H,18,20). The fourth-order valence-electron chi connectivity index (χ4n) is 2.00. The molecule has 0 aromatic heterocycles. The molecule has 0 aliphatic rings. The summed E-state index contributed by atoms with van der Waals surface area (Å²) in [5.41, 5.74) is -0.508. The van der Waals surface area contributed by atoms with Gasteiger partial charge in [-0.2, -0.15) is 4.39 Å². The Hall–Kier alpha value is -2.76. The summed E-state index contributed by atoms with van der Waals surface area (Å²) in [7, 11) is 0. The number of nitro groups is 1. The maximum atomic E-state index is 13.3. The Labute approximate surface area is 126 Å². The molecule has 2 aromatic carbocycles. The van der Waals surface area contributed by atoms with E-state index in [1.54, 1.807) is 13.8 Å². The molecule has 0 saturated carbocycles. The molecule has 0 spiro atoms. The quantitative estimate of drug-likeness (QED) is 0.692. The number of anilines is 1. The fourth-order valence-corrected chi connectivity index (χ4v) is 2.00. The molecule has 0 radical (unpaired) electrons. The van der Waals surface area contributed by atoms with Gasteiger partial charge >= 0.3 is 5.69 Å². The second-order valence-electron chi connectivity index (χ2n) is 5.37. The maximum absolute atomic E-state index is 13.3. The van der Waals surface area contributed by atoms with E-state index in [1.807, 2.05) is 30.3 Å². The number of carbonyl (C=O) groups is 1. The van der Waals surface area contributed by atoms with Gasteiger partial charge < -0.3 is 5.32 Å². The van der Waals surface area contributed by atoms with E-state index >= 15 is 0 Å². The van der Waals surface area contributed by atoms with Crippen LogP contribution in [-0.2, 0) is 10.2 Å². The van der Waals surface area contributed by atoms with Crippen molar-refractivity contribution in [3.8, 4) is 0 Å². The van der Waals surface area contributed by atoms with Crippen molar-refractivity contribution in [3.63, 3.8) is 0 Å². The average molecular weight is 302 g/mol. The first-order valence-electron chi connectivity index (χ1n) is 6.63. The van der Waals surface area contributed by atoms with Crippen LogP contribution in [0.1, 0.15) is 19.4 Å². The van der Waals surface area contributed by atoms with Gasteiger partial charge in [0.1, 0.15) is 0 Å². The number of benzene rings is 2. The lowest BCUT2D eigenvalue weighted by Gasteiger charge is -2.24. The van der Waals surface area contributed by atoms with E-state index in [0.29, 0.717) is 0 Å². The minimum Gasteiger partial charge on any atom is -0.325 e. The number of nitro benzene ring substituents is 1. The number of nitrogens with zero attached hydrogens (tertiary/aromatic N) is 1. The number of hydrogen-bond acceptors (Lipinski definition) is 3. The maximum Gasteiger partial charge on any atom is 0.306 e. The smallest absolute Gasteiger partial charge is 0.306 e. The summed E-state index contributed by atoms with van der Waals surface area (Å²) in [6.07, 6.45) is 0. The summed E-state index contributed by atoms with van der Waals surface area (Å²) in [4.78, 5) is 22.3. The average Bonchev–Trinajstić information content (AvgIpc) is 2.49. The lowest BCUT2D eigenvalue weighted by molar-refractivity contribution is -0.387. The summed E-state index contributed by atoms with van der Waals surface area (Å²) >= 11 is 0. The number of halogens is 1. The van der Waals surface area contributed by atoms with Gasteiger partial charge in [-0.25, -0.2) is 0 Å². The van der Waals surface area contributed by atoms with Crippen LogP contribution in [0.2, 0.25) is 0 Å². The van der Waals surface area contributed by atoms with E-state index in [-0.39, 0.29) is 11.6 Å². The molecule has 0 heterocycles. The van der Waals surface area contributed by atoms with Crippen molar-refractivity contribution in [2.24, 2.45) is 0 Å². The van der Waals surface area contributed by atoms with Gasteiger partial charge in [0.15, 0.2) is 0 Å². The van der Waals surface area contributed by atoms with Crippen molar-refractivity contribution in [1.29, 1.82) is 0 Å².